The van der Waals surface area contributed by atoms with E-state index in [4.69, 9.17) is 18.9 Å². The molecule has 2 aromatic heterocycles. The molecule has 3 aromatic rings. The molecule has 1 atom stereocenters. The van der Waals surface area contributed by atoms with E-state index >= 15 is 0 Å². The average Bonchev–Trinajstić information content (AvgIpc) is 2.83. The van der Waals surface area contributed by atoms with E-state index in [0.717, 1.165) is 12.1 Å². The number of ether oxygens (including phenoxy) is 4. The smallest absolute Gasteiger partial charge is 0.416 e. The third-order valence-electron chi connectivity index (χ3n) is 4.99. The van der Waals surface area contributed by atoms with Crippen LogP contribution in [0.3, 0.4) is 0 Å². The molecule has 0 fully saturated rings. The molecule has 1 unspecified atom stereocenters. The summed E-state index contributed by atoms with van der Waals surface area (Å²) in [6.07, 6.45) is -4.84. The molecule has 0 spiro atoms. The predicted octanol–water partition coefficient (Wildman–Crippen LogP) is 4.35. The van der Waals surface area contributed by atoms with Crippen LogP contribution in [0.5, 0.6) is 11.5 Å². The van der Waals surface area contributed by atoms with E-state index in [-0.39, 0.29) is 30.8 Å². The summed E-state index contributed by atoms with van der Waals surface area (Å²) in [7, 11) is 4.63. The Hall–Kier alpha value is -3.51. The molecule has 9 nitrogen and oxygen atoms in total. The molecule has 3 rings (SSSR count). The van der Waals surface area contributed by atoms with E-state index in [9.17, 15) is 13.2 Å². The lowest BCUT2D eigenvalue weighted by molar-refractivity contribution is -0.137. The Morgan fingerprint density at radius 3 is 2.43 bits per heavy atom. The van der Waals surface area contributed by atoms with Crippen LogP contribution in [0.4, 0.5) is 24.8 Å². The molecule has 0 aliphatic carbocycles. The maximum absolute atomic E-state index is 13.3. The highest BCUT2D eigenvalue weighted by atomic mass is 19.4. The van der Waals surface area contributed by atoms with Crippen LogP contribution in [-0.4, -0.2) is 62.3 Å². The standard InChI is InChI=1S/C23H26F3N5O4/c1-13-29-18-9-19(34-5)20(35-12-16(33-4)11-32-3)8-17(18)22(30-13)28-10-15-6-14(23(24,25)26)7-21(27-2)31-15/h6-9,16H,2,10-12H2,1,3-5H3,(H,28,29,30). The minimum atomic E-state index is -4.54. The van der Waals surface area contributed by atoms with Crippen LogP contribution in [-0.2, 0) is 22.2 Å². The zero-order valence-electron chi connectivity index (χ0n) is 19.8. The molecule has 0 amide bonds. The number of methoxy groups -OCH3 is 3. The lowest BCUT2D eigenvalue weighted by Crippen LogP contribution is -2.25. The fraction of sp³-hybridized carbons (Fsp3) is 0.391. The maximum atomic E-state index is 13.3. The van der Waals surface area contributed by atoms with Crippen LogP contribution in [0.2, 0.25) is 0 Å². The topological polar surface area (TPSA) is 100.0 Å². The molecule has 0 saturated carbocycles. The second-order valence-electron chi connectivity index (χ2n) is 7.48. The molecule has 12 heteroatoms. The largest absolute Gasteiger partial charge is 0.493 e. The van der Waals surface area contributed by atoms with Crippen LogP contribution < -0.4 is 14.8 Å². The van der Waals surface area contributed by atoms with Gasteiger partial charge in [0.2, 0.25) is 0 Å². The predicted molar refractivity (Wildman–Crippen MR) is 125 cm³/mol. The maximum Gasteiger partial charge on any atom is 0.416 e. The van der Waals surface area contributed by atoms with E-state index in [1.807, 2.05) is 0 Å². The van der Waals surface area contributed by atoms with Crippen molar-refractivity contribution < 1.29 is 32.1 Å². The van der Waals surface area contributed by atoms with Gasteiger partial charge in [-0.3, -0.25) is 0 Å². The zero-order valence-corrected chi connectivity index (χ0v) is 19.8. The number of halogens is 3. The molecule has 0 aliphatic rings. The minimum Gasteiger partial charge on any atom is -0.493 e. The van der Waals surface area contributed by atoms with Crippen molar-refractivity contribution in [3.8, 4) is 11.5 Å². The van der Waals surface area contributed by atoms with Crippen molar-refractivity contribution in [3.63, 3.8) is 0 Å². The van der Waals surface area contributed by atoms with Crippen LogP contribution >= 0.6 is 0 Å². The molecular weight excluding hydrogens is 467 g/mol. The summed E-state index contributed by atoms with van der Waals surface area (Å²) in [6.45, 7) is 5.48. The second-order valence-corrected chi connectivity index (χ2v) is 7.48. The number of alkyl halides is 3. The molecular formula is C23H26F3N5O4. The van der Waals surface area contributed by atoms with Gasteiger partial charge in [0.05, 0.1) is 37.0 Å². The van der Waals surface area contributed by atoms with E-state index in [1.165, 1.54) is 7.11 Å². The third kappa shape index (κ3) is 6.55. The van der Waals surface area contributed by atoms with Crippen molar-refractivity contribution in [3.05, 3.63) is 41.3 Å². The van der Waals surface area contributed by atoms with Crippen LogP contribution in [0, 0.1) is 6.92 Å². The number of anilines is 1. The van der Waals surface area contributed by atoms with Crippen LogP contribution in [0.1, 0.15) is 17.1 Å². The third-order valence-corrected chi connectivity index (χ3v) is 4.99. The first-order valence-electron chi connectivity index (χ1n) is 10.5. The molecule has 0 radical (unpaired) electrons. The van der Waals surface area contributed by atoms with Crippen LogP contribution in [0.15, 0.2) is 29.3 Å². The number of nitrogens with one attached hydrogen (secondary N) is 1. The second kappa shape index (κ2) is 11.3. The Balaban J connectivity index is 1.94. The van der Waals surface area contributed by atoms with Crippen molar-refractivity contribution in [2.24, 2.45) is 4.99 Å². The van der Waals surface area contributed by atoms with Crippen molar-refractivity contribution in [2.75, 3.05) is 39.9 Å². The van der Waals surface area contributed by atoms with Gasteiger partial charge in [-0.15, -0.1) is 0 Å². The Kier molecular flexibility index (Phi) is 8.41. The van der Waals surface area contributed by atoms with Gasteiger partial charge in [-0.2, -0.15) is 13.2 Å². The first kappa shape index (κ1) is 26.1. The monoisotopic (exact) mass is 493 g/mol. The number of aryl methyl sites for hydroxylation is 1. The molecule has 35 heavy (non-hydrogen) atoms. The fourth-order valence-electron chi connectivity index (χ4n) is 3.29. The molecule has 0 saturated heterocycles. The lowest BCUT2D eigenvalue weighted by Gasteiger charge is -2.18. The highest BCUT2D eigenvalue weighted by Crippen LogP contribution is 2.35. The summed E-state index contributed by atoms with van der Waals surface area (Å²) in [5.74, 6) is 1.61. The normalized spacial score (nSPS) is 12.4. The molecule has 0 aliphatic heterocycles. The number of pyridine rings is 1. The lowest BCUT2D eigenvalue weighted by atomic mass is 10.2. The van der Waals surface area contributed by atoms with Gasteiger partial charge in [-0.1, -0.05) is 0 Å². The first-order chi connectivity index (χ1) is 16.7. The van der Waals surface area contributed by atoms with Crippen molar-refractivity contribution in [1.82, 2.24) is 15.0 Å². The van der Waals surface area contributed by atoms with Crippen LogP contribution in [0.25, 0.3) is 10.9 Å². The van der Waals surface area contributed by atoms with E-state index < -0.39 is 11.7 Å². The Morgan fingerprint density at radius 1 is 1.03 bits per heavy atom. The summed E-state index contributed by atoms with van der Waals surface area (Å²) in [6, 6.07) is 5.19. The summed E-state index contributed by atoms with van der Waals surface area (Å²) in [4.78, 5) is 16.5. The van der Waals surface area contributed by atoms with Gasteiger partial charge >= 0.3 is 6.18 Å². The highest BCUT2D eigenvalue weighted by Gasteiger charge is 2.31. The first-order valence-corrected chi connectivity index (χ1v) is 10.5. The Morgan fingerprint density at radius 2 is 1.80 bits per heavy atom. The summed E-state index contributed by atoms with van der Waals surface area (Å²) < 4.78 is 61.5. The van der Waals surface area contributed by atoms with E-state index in [1.54, 1.807) is 33.3 Å². The number of nitrogens with zero attached hydrogens (tertiary/aromatic N) is 4. The van der Waals surface area contributed by atoms with Gasteiger partial charge in [0.1, 0.15) is 24.4 Å². The molecule has 188 valence electrons. The number of hydrogen-bond acceptors (Lipinski definition) is 9. The van der Waals surface area contributed by atoms with Gasteiger partial charge in [0.15, 0.2) is 17.3 Å². The van der Waals surface area contributed by atoms with E-state index in [0.29, 0.717) is 40.7 Å². The minimum absolute atomic E-state index is 0.0419. The number of aromatic nitrogens is 3. The van der Waals surface area contributed by atoms with Gasteiger partial charge in [-0.25, -0.2) is 19.9 Å². The van der Waals surface area contributed by atoms with Gasteiger partial charge in [0.25, 0.3) is 0 Å². The summed E-state index contributed by atoms with van der Waals surface area (Å²) in [5, 5.41) is 3.64. The number of hydrogen-bond donors (Lipinski definition) is 1. The molecule has 1 aromatic carbocycles. The molecule has 1 N–H and O–H groups in total. The number of aliphatic imine (C=N–C) groups is 1. The fourth-order valence-corrected chi connectivity index (χ4v) is 3.29. The summed E-state index contributed by atoms with van der Waals surface area (Å²) in [5.41, 5.74) is -0.173. The number of benzene rings is 1. The van der Waals surface area contributed by atoms with Gasteiger partial charge in [0, 0.05) is 25.7 Å². The number of rotatable bonds is 11. The van der Waals surface area contributed by atoms with Gasteiger partial charge < -0.3 is 24.3 Å². The molecule has 2 heterocycles. The SMILES string of the molecule is C=Nc1cc(C(F)(F)F)cc(CNc2nc(C)nc3cc(OC)c(OCC(COC)OC)cc23)n1. The average molecular weight is 493 g/mol. The zero-order chi connectivity index (χ0) is 25.6. The Bertz CT molecular complexity index is 1190. The van der Waals surface area contributed by atoms with Crippen molar-refractivity contribution in [2.45, 2.75) is 25.7 Å². The number of fused-ring (bicyclic) bond motifs is 1. The van der Waals surface area contributed by atoms with E-state index in [2.05, 4.69) is 32.0 Å². The van der Waals surface area contributed by atoms with Crippen molar-refractivity contribution >= 4 is 29.3 Å². The summed E-state index contributed by atoms with van der Waals surface area (Å²) >= 11 is 0. The molecule has 0 bridgehead atoms. The highest BCUT2D eigenvalue weighted by molar-refractivity contribution is 5.91. The quantitative estimate of drug-likeness (QED) is 0.394. The van der Waals surface area contributed by atoms with Gasteiger partial charge in [-0.05, 0) is 31.8 Å². The Labute approximate surface area is 200 Å². The van der Waals surface area contributed by atoms with Crippen molar-refractivity contribution in [1.29, 1.82) is 0 Å².